The molecular formula is C12H16ClNO2. The zero-order valence-corrected chi connectivity index (χ0v) is 9.83. The first-order valence-electron chi connectivity index (χ1n) is 5.54. The molecule has 0 bridgehead atoms. The molecule has 1 unspecified atom stereocenters. The van der Waals surface area contributed by atoms with Gasteiger partial charge in [0, 0.05) is 19.2 Å². The van der Waals surface area contributed by atoms with Crippen molar-refractivity contribution >= 4 is 11.6 Å². The molecule has 2 N–H and O–H groups in total. The number of hydrogen-bond donors (Lipinski definition) is 2. The van der Waals surface area contributed by atoms with Crippen LogP contribution in [0.3, 0.4) is 0 Å². The molecule has 1 aromatic rings. The standard InChI is InChI=1S/C12H16ClNO2/c13-11-6-9(3-4-12(11)15)7-14-10-2-1-5-16-8-10/h3-4,6,10,14-15H,1-2,5,7-8H2. The van der Waals surface area contributed by atoms with Gasteiger partial charge in [-0.05, 0) is 30.5 Å². The molecular weight excluding hydrogens is 226 g/mol. The van der Waals surface area contributed by atoms with Crippen LogP contribution in [0.4, 0.5) is 0 Å². The molecule has 0 spiro atoms. The molecule has 4 heteroatoms. The predicted octanol–water partition coefficient (Wildman–Crippen LogP) is 2.31. The van der Waals surface area contributed by atoms with Crippen molar-refractivity contribution in [2.75, 3.05) is 13.2 Å². The van der Waals surface area contributed by atoms with Crippen molar-refractivity contribution in [1.29, 1.82) is 0 Å². The van der Waals surface area contributed by atoms with Crippen molar-refractivity contribution in [2.24, 2.45) is 0 Å². The molecule has 1 aliphatic heterocycles. The van der Waals surface area contributed by atoms with Crippen LogP contribution in [0, 0.1) is 0 Å². The molecule has 3 nitrogen and oxygen atoms in total. The third-order valence-corrected chi connectivity index (χ3v) is 3.07. The molecule has 2 rings (SSSR count). The average molecular weight is 242 g/mol. The minimum absolute atomic E-state index is 0.131. The maximum absolute atomic E-state index is 9.29. The SMILES string of the molecule is Oc1ccc(CNC2CCCOC2)cc1Cl. The summed E-state index contributed by atoms with van der Waals surface area (Å²) in [5, 5.41) is 13.1. The number of benzene rings is 1. The lowest BCUT2D eigenvalue weighted by Crippen LogP contribution is -2.36. The van der Waals surface area contributed by atoms with Gasteiger partial charge in [0.1, 0.15) is 5.75 Å². The van der Waals surface area contributed by atoms with E-state index in [-0.39, 0.29) is 5.75 Å². The summed E-state index contributed by atoms with van der Waals surface area (Å²) in [4.78, 5) is 0. The molecule has 1 saturated heterocycles. The van der Waals surface area contributed by atoms with Gasteiger partial charge in [-0.3, -0.25) is 0 Å². The predicted molar refractivity (Wildman–Crippen MR) is 63.8 cm³/mol. The molecule has 0 amide bonds. The van der Waals surface area contributed by atoms with Crippen LogP contribution in [0.1, 0.15) is 18.4 Å². The summed E-state index contributed by atoms with van der Waals surface area (Å²) < 4.78 is 5.38. The van der Waals surface area contributed by atoms with Crippen LogP contribution in [0.25, 0.3) is 0 Å². The van der Waals surface area contributed by atoms with E-state index < -0.39 is 0 Å². The topological polar surface area (TPSA) is 41.5 Å². The maximum Gasteiger partial charge on any atom is 0.134 e. The molecule has 1 atom stereocenters. The number of nitrogens with one attached hydrogen (secondary N) is 1. The second kappa shape index (κ2) is 5.53. The minimum Gasteiger partial charge on any atom is -0.506 e. The van der Waals surface area contributed by atoms with Crippen molar-refractivity contribution < 1.29 is 9.84 Å². The van der Waals surface area contributed by atoms with Gasteiger partial charge in [-0.2, -0.15) is 0 Å². The van der Waals surface area contributed by atoms with Gasteiger partial charge in [0.2, 0.25) is 0 Å². The first-order valence-corrected chi connectivity index (χ1v) is 5.92. The fraction of sp³-hybridized carbons (Fsp3) is 0.500. The lowest BCUT2D eigenvalue weighted by molar-refractivity contribution is 0.0699. The number of ether oxygens (including phenoxy) is 1. The Morgan fingerprint density at radius 3 is 3.06 bits per heavy atom. The van der Waals surface area contributed by atoms with Crippen molar-refractivity contribution in [3.05, 3.63) is 28.8 Å². The zero-order chi connectivity index (χ0) is 11.4. The normalized spacial score (nSPS) is 20.9. The first-order chi connectivity index (χ1) is 7.75. The Hall–Kier alpha value is -0.770. The van der Waals surface area contributed by atoms with Gasteiger partial charge in [0.25, 0.3) is 0 Å². The van der Waals surface area contributed by atoms with E-state index in [9.17, 15) is 5.11 Å². The van der Waals surface area contributed by atoms with Gasteiger partial charge in [-0.1, -0.05) is 17.7 Å². The van der Waals surface area contributed by atoms with Gasteiger partial charge in [0.15, 0.2) is 0 Å². The summed E-state index contributed by atoms with van der Waals surface area (Å²) in [6.07, 6.45) is 2.28. The Morgan fingerprint density at radius 1 is 1.50 bits per heavy atom. The van der Waals surface area contributed by atoms with Crippen LogP contribution in [0.2, 0.25) is 5.02 Å². The fourth-order valence-corrected chi connectivity index (χ4v) is 2.03. The number of rotatable bonds is 3. The lowest BCUT2D eigenvalue weighted by Gasteiger charge is -2.23. The Bertz CT molecular complexity index is 351. The summed E-state index contributed by atoms with van der Waals surface area (Å²) in [6.45, 7) is 2.42. The van der Waals surface area contributed by atoms with E-state index in [1.54, 1.807) is 12.1 Å². The smallest absolute Gasteiger partial charge is 0.134 e. The molecule has 1 aliphatic rings. The molecule has 88 valence electrons. The second-order valence-corrected chi connectivity index (χ2v) is 4.49. The second-order valence-electron chi connectivity index (χ2n) is 4.08. The quantitative estimate of drug-likeness (QED) is 0.854. The van der Waals surface area contributed by atoms with Crippen LogP contribution >= 0.6 is 11.6 Å². The van der Waals surface area contributed by atoms with E-state index in [1.165, 1.54) is 0 Å². The van der Waals surface area contributed by atoms with Crippen LogP contribution in [-0.4, -0.2) is 24.4 Å². The van der Waals surface area contributed by atoms with Gasteiger partial charge in [-0.15, -0.1) is 0 Å². The van der Waals surface area contributed by atoms with E-state index >= 15 is 0 Å². The average Bonchev–Trinajstić information content (AvgIpc) is 2.32. The van der Waals surface area contributed by atoms with Gasteiger partial charge < -0.3 is 15.2 Å². The van der Waals surface area contributed by atoms with Crippen LogP contribution < -0.4 is 5.32 Å². The Morgan fingerprint density at radius 2 is 2.38 bits per heavy atom. The zero-order valence-electron chi connectivity index (χ0n) is 9.08. The van der Waals surface area contributed by atoms with Crippen molar-refractivity contribution in [1.82, 2.24) is 5.32 Å². The number of hydrogen-bond acceptors (Lipinski definition) is 3. The lowest BCUT2D eigenvalue weighted by atomic mass is 10.1. The summed E-state index contributed by atoms with van der Waals surface area (Å²) in [6, 6.07) is 5.71. The van der Waals surface area contributed by atoms with Gasteiger partial charge in [0.05, 0.1) is 11.6 Å². The monoisotopic (exact) mass is 241 g/mol. The largest absolute Gasteiger partial charge is 0.506 e. The van der Waals surface area contributed by atoms with Crippen LogP contribution in [0.15, 0.2) is 18.2 Å². The van der Waals surface area contributed by atoms with Gasteiger partial charge >= 0.3 is 0 Å². The summed E-state index contributed by atoms with van der Waals surface area (Å²) >= 11 is 5.83. The third kappa shape index (κ3) is 3.11. The minimum atomic E-state index is 0.131. The number of phenolic OH excluding ortho intramolecular Hbond substituents is 1. The van der Waals surface area contributed by atoms with Crippen molar-refractivity contribution in [3.8, 4) is 5.75 Å². The Balaban J connectivity index is 1.86. The Labute approximate surface area is 100 Å². The van der Waals surface area contributed by atoms with E-state index in [2.05, 4.69) is 5.32 Å². The number of aromatic hydroxyl groups is 1. The molecule has 0 aromatic heterocycles. The first kappa shape index (κ1) is 11.7. The molecule has 0 saturated carbocycles. The fourth-order valence-electron chi connectivity index (χ4n) is 1.82. The summed E-state index contributed by atoms with van der Waals surface area (Å²) in [7, 11) is 0. The highest BCUT2D eigenvalue weighted by molar-refractivity contribution is 6.32. The van der Waals surface area contributed by atoms with E-state index in [0.717, 1.165) is 38.2 Å². The van der Waals surface area contributed by atoms with Crippen LogP contribution in [0.5, 0.6) is 5.75 Å². The third-order valence-electron chi connectivity index (χ3n) is 2.77. The van der Waals surface area contributed by atoms with E-state index in [4.69, 9.17) is 16.3 Å². The highest BCUT2D eigenvalue weighted by atomic mass is 35.5. The van der Waals surface area contributed by atoms with Crippen molar-refractivity contribution in [3.63, 3.8) is 0 Å². The highest BCUT2D eigenvalue weighted by Crippen LogP contribution is 2.23. The molecule has 1 aromatic carbocycles. The molecule has 0 radical (unpaired) electrons. The molecule has 0 aliphatic carbocycles. The summed E-state index contributed by atoms with van der Waals surface area (Å²) in [5.74, 6) is 0.131. The molecule has 1 heterocycles. The van der Waals surface area contributed by atoms with E-state index in [1.807, 2.05) is 6.07 Å². The number of halogens is 1. The molecule has 16 heavy (non-hydrogen) atoms. The van der Waals surface area contributed by atoms with Crippen LogP contribution in [-0.2, 0) is 11.3 Å². The van der Waals surface area contributed by atoms with E-state index in [0.29, 0.717) is 11.1 Å². The highest BCUT2D eigenvalue weighted by Gasteiger charge is 2.12. The Kier molecular flexibility index (Phi) is 4.04. The maximum atomic E-state index is 9.29. The van der Waals surface area contributed by atoms with Crippen molar-refractivity contribution in [2.45, 2.75) is 25.4 Å². The summed E-state index contributed by atoms with van der Waals surface area (Å²) in [5.41, 5.74) is 1.08. The number of phenols is 1. The molecule has 1 fully saturated rings. The van der Waals surface area contributed by atoms with Gasteiger partial charge in [-0.25, -0.2) is 0 Å².